The fourth-order valence-electron chi connectivity index (χ4n) is 8.50. The molecule has 4 atom stereocenters. The molecule has 2 saturated heterocycles. The predicted octanol–water partition coefficient (Wildman–Crippen LogP) is 5.47. The molecule has 0 radical (unpaired) electrons. The van der Waals surface area contributed by atoms with Crippen LogP contribution in [0.3, 0.4) is 0 Å². The number of rotatable bonds is 4. The van der Waals surface area contributed by atoms with Crippen LogP contribution in [0.5, 0.6) is 5.75 Å². The highest BCUT2D eigenvalue weighted by molar-refractivity contribution is 6.32. The number of nitrogens with two attached hydrogens (primary N) is 1. The predicted molar refractivity (Wildman–Crippen MR) is 148 cm³/mol. The summed E-state index contributed by atoms with van der Waals surface area (Å²) in [5.41, 5.74) is 3.89. The van der Waals surface area contributed by atoms with E-state index in [4.69, 9.17) is 16.3 Å². The van der Waals surface area contributed by atoms with Crippen molar-refractivity contribution in [2.45, 2.75) is 81.6 Å². The zero-order valence-electron chi connectivity index (χ0n) is 22.3. The fraction of sp³-hybridized carbons (Fsp3) is 0.594. The summed E-state index contributed by atoms with van der Waals surface area (Å²) in [6, 6.07) is 15.6. The van der Waals surface area contributed by atoms with Gasteiger partial charge >= 0.3 is 0 Å². The molecular formula is C32H42ClN2O2+. The smallest absolute Gasteiger partial charge is 0.232 e. The van der Waals surface area contributed by atoms with Crippen LogP contribution in [0.4, 0.5) is 0 Å². The van der Waals surface area contributed by atoms with Crippen molar-refractivity contribution in [1.82, 2.24) is 4.90 Å². The lowest BCUT2D eigenvalue weighted by atomic mass is 9.63. The number of quaternary nitrogens is 1. The van der Waals surface area contributed by atoms with Gasteiger partial charge in [0.2, 0.25) is 5.91 Å². The number of methoxy groups -OCH3 is 1. The van der Waals surface area contributed by atoms with Crippen molar-refractivity contribution in [3.8, 4) is 5.75 Å². The summed E-state index contributed by atoms with van der Waals surface area (Å²) < 4.78 is 5.77. The molecule has 6 rings (SSSR count). The van der Waals surface area contributed by atoms with Crippen LogP contribution in [0, 0.1) is 11.8 Å². The second-order valence-corrected chi connectivity index (χ2v) is 12.4. The molecule has 37 heavy (non-hydrogen) atoms. The lowest BCUT2D eigenvalue weighted by Gasteiger charge is -2.47. The summed E-state index contributed by atoms with van der Waals surface area (Å²) in [4.78, 5) is 17.0. The highest BCUT2D eigenvalue weighted by Crippen LogP contribution is 2.49. The average molecular weight is 522 g/mol. The minimum atomic E-state index is -0.115. The minimum absolute atomic E-state index is 0.0248. The number of hydrogen-bond acceptors (Lipinski definition) is 2. The van der Waals surface area contributed by atoms with E-state index in [1.54, 1.807) is 7.11 Å². The molecule has 3 fully saturated rings. The molecule has 2 unspecified atom stereocenters. The van der Waals surface area contributed by atoms with Gasteiger partial charge in [-0.3, -0.25) is 4.79 Å². The highest BCUT2D eigenvalue weighted by Gasteiger charge is 2.55. The topological polar surface area (TPSA) is 46.1 Å². The van der Waals surface area contributed by atoms with Gasteiger partial charge in [-0.1, -0.05) is 67.3 Å². The summed E-state index contributed by atoms with van der Waals surface area (Å²) in [5, 5.41) is 3.08. The minimum Gasteiger partial charge on any atom is -0.495 e. The van der Waals surface area contributed by atoms with Crippen molar-refractivity contribution in [2.24, 2.45) is 11.8 Å². The maximum atomic E-state index is 14.6. The number of carbonyl (C=O) groups excluding carboxylic acids is 1. The van der Waals surface area contributed by atoms with Crippen molar-refractivity contribution in [2.75, 3.05) is 26.7 Å². The third-order valence-electron chi connectivity index (χ3n) is 10.3. The maximum absolute atomic E-state index is 14.6. The number of benzene rings is 2. The van der Waals surface area contributed by atoms with Crippen molar-refractivity contribution in [3.05, 3.63) is 64.2 Å². The SMILES string of the molecule is COc1c(Cl)ccc2c1CCCC21C[NH2+]CC1C(=O)N1CC[C@@H](c2ccccc2)C[C@H]1C1CCCCC1. The molecule has 2 aromatic rings. The van der Waals surface area contributed by atoms with E-state index >= 15 is 0 Å². The van der Waals surface area contributed by atoms with E-state index in [1.165, 1.54) is 48.8 Å². The third-order valence-corrected chi connectivity index (χ3v) is 10.6. The summed E-state index contributed by atoms with van der Waals surface area (Å²) >= 11 is 6.54. The van der Waals surface area contributed by atoms with Crippen LogP contribution >= 0.6 is 11.6 Å². The molecule has 2 aliphatic carbocycles. The standard InChI is InChI=1S/C32H41ClN2O2/c1-37-30-25-13-8-17-32(26(25)14-15-28(30)33)21-34-20-27(32)31(36)35-18-16-24(22-9-4-2-5-10-22)19-29(35)23-11-6-3-7-12-23/h2,4-5,9-10,14-15,23-24,27,29,34H,3,6-8,11-13,16-21H2,1H3/p+1/t24-,27?,29+,32?/m1/s1. The fourth-order valence-corrected chi connectivity index (χ4v) is 8.76. The second-order valence-electron chi connectivity index (χ2n) is 12.0. The van der Waals surface area contributed by atoms with E-state index in [9.17, 15) is 4.79 Å². The number of ether oxygens (including phenoxy) is 1. The first-order valence-corrected chi connectivity index (χ1v) is 15.0. The lowest BCUT2D eigenvalue weighted by Crippen LogP contribution is -2.82. The number of amides is 1. The zero-order chi connectivity index (χ0) is 25.4. The lowest BCUT2D eigenvalue weighted by molar-refractivity contribution is -0.640. The summed E-state index contributed by atoms with van der Waals surface area (Å²) in [5.74, 6) is 2.46. The Labute approximate surface area is 227 Å². The molecule has 2 N–H and O–H groups in total. The Kier molecular flexibility index (Phi) is 7.24. The van der Waals surface area contributed by atoms with Crippen LogP contribution in [0.15, 0.2) is 42.5 Å². The van der Waals surface area contributed by atoms with Gasteiger partial charge in [0, 0.05) is 12.6 Å². The van der Waals surface area contributed by atoms with Gasteiger partial charge in [0.1, 0.15) is 11.7 Å². The molecule has 1 amide bonds. The Bertz CT molecular complexity index is 1120. The summed E-state index contributed by atoms with van der Waals surface area (Å²) in [6.07, 6.45) is 11.9. The molecule has 1 spiro atoms. The van der Waals surface area contributed by atoms with Crippen molar-refractivity contribution in [1.29, 1.82) is 0 Å². The van der Waals surface area contributed by atoms with E-state index in [2.05, 4.69) is 46.6 Å². The Balaban J connectivity index is 1.32. The molecule has 1 saturated carbocycles. The van der Waals surface area contributed by atoms with Gasteiger partial charge in [-0.05, 0) is 79.5 Å². The van der Waals surface area contributed by atoms with Crippen LogP contribution in [0.1, 0.15) is 80.4 Å². The van der Waals surface area contributed by atoms with Gasteiger partial charge in [-0.2, -0.15) is 0 Å². The quantitative estimate of drug-likeness (QED) is 0.579. The molecule has 4 nitrogen and oxygen atoms in total. The van der Waals surface area contributed by atoms with Gasteiger partial charge in [0.15, 0.2) is 0 Å². The molecule has 0 aromatic heterocycles. The van der Waals surface area contributed by atoms with Gasteiger partial charge < -0.3 is 15.0 Å². The molecule has 5 heteroatoms. The Hall–Kier alpha value is -2.04. The number of likely N-dealkylation sites (tertiary alicyclic amines) is 1. The van der Waals surface area contributed by atoms with Crippen LogP contribution < -0.4 is 10.1 Å². The van der Waals surface area contributed by atoms with E-state index in [0.717, 1.165) is 57.5 Å². The Morgan fingerprint density at radius 3 is 2.65 bits per heavy atom. The monoisotopic (exact) mass is 521 g/mol. The largest absolute Gasteiger partial charge is 0.495 e. The van der Waals surface area contributed by atoms with Crippen LogP contribution in [-0.2, 0) is 16.6 Å². The summed E-state index contributed by atoms with van der Waals surface area (Å²) in [6.45, 7) is 2.76. The van der Waals surface area contributed by atoms with Crippen molar-refractivity contribution in [3.63, 3.8) is 0 Å². The van der Waals surface area contributed by atoms with Gasteiger partial charge in [-0.15, -0.1) is 0 Å². The van der Waals surface area contributed by atoms with Crippen LogP contribution in [0.2, 0.25) is 5.02 Å². The number of piperidine rings is 1. The summed E-state index contributed by atoms with van der Waals surface area (Å²) in [7, 11) is 1.72. The first-order chi connectivity index (χ1) is 18.1. The van der Waals surface area contributed by atoms with E-state index < -0.39 is 0 Å². The second kappa shape index (κ2) is 10.6. The number of halogens is 1. The van der Waals surface area contributed by atoms with Gasteiger partial charge in [0.25, 0.3) is 0 Å². The first-order valence-electron chi connectivity index (χ1n) is 14.7. The highest BCUT2D eigenvalue weighted by atomic mass is 35.5. The molecule has 2 aliphatic heterocycles. The van der Waals surface area contributed by atoms with Crippen molar-refractivity contribution >= 4 is 17.5 Å². The molecule has 198 valence electrons. The molecule has 2 heterocycles. The maximum Gasteiger partial charge on any atom is 0.232 e. The van der Waals surface area contributed by atoms with E-state index in [1.807, 2.05) is 6.07 Å². The number of hydrogen-bond donors (Lipinski definition) is 1. The van der Waals surface area contributed by atoms with E-state index in [0.29, 0.717) is 28.8 Å². The molecular weight excluding hydrogens is 480 g/mol. The average Bonchev–Trinajstić information content (AvgIpc) is 3.37. The van der Waals surface area contributed by atoms with E-state index in [-0.39, 0.29) is 11.3 Å². The van der Waals surface area contributed by atoms with Crippen molar-refractivity contribution < 1.29 is 14.8 Å². The number of nitrogens with zero attached hydrogens (tertiary/aromatic N) is 1. The normalized spacial score (nSPS) is 30.3. The zero-order valence-corrected chi connectivity index (χ0v) is 23.0. The number of carbonyl (C=O) groups is 1. The molecule has 2 aromatic carbocycles. The first kappa shape index (κ1) is 25.2. The number of fused-ring (bicyclic) bond motifs is 2. The molecule has 4 aliphatic rings. The Morgan fingerprint density at radius 2 is 1.86 bits per heavy atom. The molecule has 0 bridgehead atoms. The third kappa shape index (κ3) is 4.48. The van der Waals surface area contributed by atoms with Crippen LogP contribution in [-0.4, -0.2) is 43.6 Å². The Morgan fingerprint density at radius 1 is 1.05 bits per heavy atom. The van der Waals surface area contributed by atoms with Crippen LogP contribution in [0.25, 0.3) is 0 Å². The van der Waals surface area contributed by atoms with Gasteiger partial charge in [-0.25, -0.2) is 0 Å². The van der Waals surface area contributed by atoms with Gasteiger partial charge in [0.05, 0.1) is 30.6 Å².